The van der Waals surface area contributed by atoms with E-state index in [1.807, 2.05) is 27.7 Å². The molecule has 3 heterocycles. The van der Waals surface area contributed by atoms with E-state index in [1.165, 1.54) is 22.2 Å². The van der Waals surface area contributed by atoms with Crippen molar-refractivity contribution in [2.75, 3.05) is 0 Å². The van der Waals surface area contributed by atoms with Gasteiger partial charge in [0.15, 0.2) is 12.4 Å². The number of thiophene rings is 1. The van der Waals surface area contributed by atoms with E-state index >= 15 is 0 Å². The van der Waals surface area contributed by atoms with Crippen molar-refractivity contribution >= 4 is 27.5 Å². The first kappa shape index (κ1) is 18.2. The van der Waals surface area contributed by atoms with E-state index in [4.69, 9.17) is 9.26 Å². The second kappa shape index (κ2) is 7.36. The first-order valence-corrected chi connectivity index (χ1v) is 9.11. The SMILES string of the molecule is Cc1sc2ncn(CCC(=O)OCc3nc(C(C)C)no3)c(=O)c2c1C. The molecule has 138 valence electrons. The molecule has 0 aliphatic heterocycles. The predicted molar refractivity (Wildman–Crippen MR) is 96.2 cm³/mol. The monoisotopic (exact) mass is 376 g/mol. The van der Waals surface area contributed by atoms with Crippen molar-refractivity contribution in [1.29, 1.82) is 0 Å². The number of aryl methyl sites for hydroxylation is 3. The molecule has 3 rings (SSSR count). The predicted octanol–water partition coefficient (Wildman–Crippen LogP) is 2.71. The van der Waals surface area contributed by atoms with Crippen molar-refractivity contribution in [3.63, 3.8) is 0 Å². The third-order valence-corrected chi connectivity index (χ3v) is 5.18. The van der Waals surface area contributed by atoms with Crippen molar-refractivity contribution in [2.24, 2.45) is 0 Å². The molecule has 0 unspecified atom stereocenters. The summed E-state index contributed by atoms with van der Waals surface area (Å²) in [6, 6.07) is 0. The van der Waals surface area contributed by atoms with Crippen LogP contribution in [0.4, 0.5) is 0 Å². The summed E-state index contributed by atoms with van der Waals surface area (Å²) in [6.45, 7) is 7.89. The van der Waals surface area contributed by atoms with E-state index in [0.717, 1.165) is 15.3 Å². The number of fused-ring (bicyclic) bond motifs is 1. The molecule has 0 atom stereocenters. The van der Waals surface area contributed by atoms with Crippen molar-refractivity contribution in [1.82, 2.24) is 19.7 Å². The molecule has 0 spiro atoms. The summed E-state index contributed by atoms with van der Waals surface area (Å²) in [5.41, 5.74) is 0.805. The first-order valence-electron chi connectivity index (χ1n) is 8.30. The Bertz CT molecular complexity index is 1000. The summed E-state index contributed by atoms with van der Waals surface area (Å²) >= 11 is 1.50. The third-order valence-electron chi connectivity index (χ3n) is 4.07. The fourth-order valence-electron chi connectivity index (χ4n) is 2.42. The van der Waals surface area contributed by atoms with Crippen LogP contribution in [0.2, 0.25) is 0 Å². The Morgan fingerprint density at radius 1 is 1.38 bits per heavy atom. The van der Waals surface area contributed by atoms with Gasteiger partial charge in [-0.3, -0.25) is 14.2 Å². The number of carbonyl (C=O) groups is 1. The molecule has 0 saturated carbocycles. The zero-order chi connectivity index (χ0) is 18.8. The lowest BCUT2D eigenvalue weighted by Crippen LogP contribution is -2.22. The Balaban J connectivity index is 1.60. The number of carbonyl (C=O) groups excluding carboxylic acids is 1. The normalized spacial score (nSPS) is 11.4. The molecule has 3 aromatic heterocycles. The Morgan fingerprint density at radius 2 is 2.15 bits per heavy atom. The highest BCUT2D eigenvalue weighted by atomic mass is 32.1. The number of nitrogens with zero attached hydrogens (tertiary/aromatic N) is 4. The summed E-state index contributed by atoms with van der Waals surface area (Å²) in [5.74, 6) is 0.524. The number of hydrogen-bond donors (Lipinski definition) is 0. The molecule has 0 saturated heterocycles. The van der Waals surface area contributed by atoms with E-state index < -0.39 is 5.97 Å². The minimum absolute atomic E-state index is 0.0560. The van der Waals surface area contributed by atoms with Crippen LogP contribution in [-0.2, 0) is 22.7 Å². The van der Waals surface area contributed by atoms with Gasteiger partial charge in [-0.2, -0.15) is 4.98 Å². The van der Waals surface area contributed by atoms with Gasteiger partial charge in [-0.05, 0) is 19.4 Å². The third kappa shape index (κ3) is 3.67. The van der Waals surface area contributed by atoms with Crippen LogP contribution in [-0.4, -0.2) is 25.7 Å². The van der Waals surface area contributed by atoms with E-state index in [0.29, 0.717) is 11.2 Å². The summed E-state index contributed by atoms with van der Waals surface area (Å²) in [7, 11) is 0. The van der Waals surface area contributed by atoms with Gasteiger partial charge in [0, 0.05) is 17.3 Å². The van der Waals surface area contributed by atoms with Crippen LogP contribution >= 0.6 is 11.3 Å². The second-order valence-corrected chi connectivity index (χ2v) is 7.52. The van der Waals surface area contributed by atoms with Gasteiger partial charge >= 0.3 is 5.97 Å². The zero-order valence-corrected chi connectivity index (χ0v) is 15.9. The van der Waals surface area contributed by atoms with Crippen LogP contribution in [0, 0.1) is 13.8 Å². The van der Waals surface area contributed by atoms with Gasteiger partial charge in [-0.25, -0.2) is 4.98 Å². The van der Waals surface area contributed by atoms with Crippen molar-refractivity contribution in [2.45, 2.75) is 53.2 Å². The van der Waals surface area contributed by atoms with Crippen molar-refractivity contribution in [3.05, 3.63) is 38.8 Å². The van der Waals surface area contributed by atoms with Gasteiger partial charge in [0.1, 0.15) is 4.83 Å². The summed E-state index contributed by atoms with van der Waals surface area (Å²) in [6.07, 6.45) is 1.53. The van der Waals surface area contributed by atoms with Gasteiger partial charge in [0.25, 0.3) is 11.4 Å². The lowest BCUT2D eigenvalue weighted by Gasteiger charge is -2.05. The molecule has 0 amide bonds. The zero-order valence-electron chi connectivity index (χ0n) is 15.1. The maximum absolute atomic E-state index is 12.6. The van der Waals surface area contributed by atoms with Gasteiger partial charge in [0.2, 0.25) is 0 Å². The van der Waals surface area contributed by atoms with Crippen LogP contribution in [0.1, 0.15) is 48.3 Å². The summed E-state index contributed by atoms with van der Waals surface area (Å²) in [5, 5.41) is 4.43. The molecule has 8 nitrogen and oxygen atoms in total. The molecule has 0 aliphatic rings. The van der Waals surface area contributed by atoms with E-state index in [1.54, 1.807) is 0 Å². The minimum Gasteiger partial charge on any atom is -0.456 e. The number of hydrogen-bond acceptors (Lipinski definition) is 8. The lowest BCUT2D eigenvalue weighted by molar-refractivity contribution is -0.146. The van der Waals surface area contributed by atoms with Crippen LogP contribution in [0.15, 0.2) is 15.6 Å². The molecular formula is C17H20N4O4S. The summed E-state index contributed by atoms with van der Waals surface area (Å²) in [4.78, 5) is 34.7. The summed E-state index contributed by atoms with van der Waals surface area (Å²) < 4.78 is 11.6. The van der Waals surface area contributed by atoms with Gasteiger partial charge in [0.05, 0.1) is 18.1 Å². The smallest absolute Gasteiger partial charge is 0.308 e. The highest BCUT2D eigenvalue weighted by Crippen LogP contribution is 2.25. The lowest BCUT2D eigenvalue weighted by atomic mass is 10.2. The molecule has 0 aromatic carbocycles. The maximum atomic E-state index is 12.6. The quantitative estimate of drug-likeness (QED) is 0.610. The number of rotatable bonds is 6. The average molecular weight is 376 g/mol. The number of ether oxygens (including phenoxy) is 1. The molecule has 9 heteroatoms. The van der Waals surface area contributed by atoms with Crippen molar-refractivity contribution < 1.29 is 14.1 Å². The minimum atomic E-state index is -0.445. The molecule has 0 N–H and O–H groups in total. The van der Waals surface area contributed by atoms with Crippen LogP contribution in [0.5, 0.6) is 0 Å². The van der Waals surface area contributed by atoms with Crippen LogP contribution in [0.25, 0.3) is 10.2 Å². The molecule has 0 bridgehead atoms. The molecule has 3 aromatic rings. The van der Waals surface area contributed by atoms with Gasteiger partial charge in [-0.15, -0.1) is 11.3 Å². The average Bonchev–Trinajstić information content (AvgIpc) is 3.18. The van der Waals surface area contributed by atoms with Crippen LogP contribution in [0.3, 0.4) is 0 Å². The number of esters is 1. The van der Waals surface area contributed by atoms with Crippen molar-refractivity contribution in [3.8, 4) is 0 Å². The Labute approximate surface area is 153 Å². The maximum Gasteiger partial charge on any atom is 0.308 e. The molecule has 0 fully saturated rings. The second-order valence-electron chi connectivity index (χ2n) is 6.32. The Morgan fingerprint density at radius 3 is 2.85 bits per heavy atom. The fraction of sp³-hybridized carbons (Fsp3) is 0.471. The standard InChI is InChI=1S/C17H20N4O4S/c1-9(2)15-19-12(25-20-15)7-24-13(22)5-6-21-8-18-16-14(17(21)23)10(3)11(4)26-16/h8-9H,5-7H2,1-4H3. The topological polar surface area (TPSA) is 100 Å². The first-order chi connectivity index (χ1) is 12.4. The fourth-order valence-corrected chi connectivity index (χ4v) is 3.40. The molecule has 0 aliphatic carbocycles. The molecule has 0 radical (unpaired) electrons. The number of aromatic nitrogens is 4. The van der Waals surface area contributed by atoms with E-state index in [2.05, 4.69) is 15.1 Å². The largest absolute Gasteiger partial charge is 0.456 e. The van der Waals surface area contributed by atoms with Gasteiger partial charge < -0.3 is 9.26 Å². The van der Waals surface area contributed by atoms with E-state index in [9.17, 15) is 9.59 Å². The molecular weight excluding hydrogens is 356 g/mol. The highest BCUT2D eigenvalue weighted by molar-refractivity contribution is 7.18. The molecule has 26 heavy (non-hydrogen) atoms. The Hall–Kier alpha value is -2.55. The van der Waals surface area contributed by atoms with E-state index in [-0.39, 0.29) is 36.9 Å². The Kier molecular flexibility index (Phi) is 5.17. The van der Waals surface area contributed by atoms with Gasteiger partial charge in [-0.1, -0.05) is 19.0 Å². The highest BCUT2D eigenvalue weighted by Gasteiger charge is 2.14. The van der Waals surface area contributed by atoms with Crippen LogP contribution < -0.4 is 5.56 Å².